The van der Waals surface area contributed by atoms with Crippen LogP contribution in [0.5, 0.6) is 0 Å². The van der Waals surface area contributed by atoms with Crippen molar-refractivity contribution in [1.29, 1.82) is 0 Å². The third-order valence-electron chi connectivity index (χ3n) is 3.56. The number of nitrogens with one attached hydrogen (secondary N) is 1. The average Bonchev–Trinajstić information content (AvgIpc) is 2.78. The lowest BCUT2D eigenvalue weighted by molar-refractivity contribution is -0.386. The van der Waals surface area contributed by atoms with E-state index in [1.807, 2.05) is 0 Å². The maximum atomic E-state index is 12.7. The van der Waals surface area contributed by atoms with E-state index < -0.39 is 22.6 Å². The van der Waals surface area contributed by atoms with Gasteiger partial charge in [0.05, 0.1) is 10.5 Å². The molecule has 0 radical (unpaired) electrons. The second kappa shape index (κ2) is 6.91. The molecule has 1 amide bonds. The standard InChI is InChI=1S/C15H15F3N4O3/c1-9-14(22(24)25)10(2)21(20-9)8-13(23)19-7-11-4-3-5-12(6-11)15(16,17)18/h3-6H,7-8H2,1-2H3,(H,19,23). The quantitative estimate of drug-likeness (QED) is 0.659. The van der Waals surface area contributed by atoms with Crippen molar-refractivity contribution < 1.29 is 22.9 Å². The fourth-order valence-corrected chi connectivity index (χ4v) is 2.36. The molecule has 25 heavy (non-hydrogen) atoms. The van der Waals surface area contributed by atoms with Crippen LogP contribution in [-0.2, 0) is 24.1 Å². The van der Waals surface area contributed by atoms with Crippen LogP contribution in [0.15, 0.2) is 24.3 Å². The van der Waals surface area contributed by atoms with E-state index >= 15 is 0 Å². The van der Waals surface area contributed by atoms with Gasteiger partial charge in [-0.2, -0.15) is 18.3 Å². The van der Waals surface area contributed by atoms with Gasteiger partial charge in [0, 0.05) is 6.54 Å². The highest BCUT2D eigenvalue weighted by atomic mass is 19.4. The highest BCUT2D eigenvalue weighted by Crippen LogP contribution is 2.29. The van der Waals surface area contributed by atoms with Crippen molar-refractivity contribution in [3.05, 3.63) is 56.9 Å². The van der Waals surface area contributed by atoms with Crippen molar-refractivity contribution in [2.45, 2.75) is 33.1 Å². The summed E-state index contributed by atoms with van der Waals surface area (Å²) in [6, 6.07) is 4.62. The number of halogens is 3. The Hall–Kier alpha value is -2.91. The van der Waals surface area contributed by atoms with Crippen molar-refractivity contribution in [3.63, 3.8) is 0 Å². The second-order valence-corrected chi connectivity index (χ2v) is 5.41. The van der Waals surface area contributed by atoms with Gasteiger partial charge in [0.1, 0.15) is 17.9 Å². The molecule has 0 unspecified atom stereocenters. The van der Waals surface area contributed by atoms with E-state index in [1.54, 1.807) is 0 Å². The van der Waals surface area contributed by atoms with Crippen molar-refractivity contribution in [2.75, 3.05) is 0 Å². The lowest BCUT2D eigenvalue weighted by Crippen LogP contribution is -2.28. The number of hydrogen-bond acceptors (Lipinski definition) is 4. The molecule has 1 heterocycles. The first-order valence-electron chi connectivity index (χ1n) is 7.21. The number of amides is 1. The van der Waals surface area contributed by atoms with Gasteiger partial charge in [-0.25, -0.2) is 0 Å². The summed E-state index contributed by atoms with van der Waals surface area (Å²) < 4.78 is 39.1. The number of nitrogens with zero attached hydrogens (tertiary/aromatic N) is 3. The van der Waals surface area contributed by atoms with Gasteiger partial charge in [-0.05, 0) is 31.5 Å². The first-order valence-corrected chi connectivity index (χ1v) is 7.21. The van der Waals surface area contributed by atoms with E-state index in [0.717, 1.165) is 12.1 Å². The lowest BCUT2D eigenvalue weighted by Gasteiger charge is -2.10. The minimum Gasteiger partial charge on any atom is -0.350 e. The van der Waals surface area contributed by atoms with E-state index in [-0.39, 0.29) is 30.2 Å². The van der Waals surface area contributed by atoms with Gasteiger partial charge in [0.25, 0.3) is 0 Å². The number of rotatable bonds is 5. The van der Waals surface area contributed by atoms with Crippen LogP contribution in [0.25, 0.3) is 0 Å². The van der Waals surface area contributed by atoms with E-state index in [4.69, 9.17) is 0 Å². The summed E-state index contributed by atoms with van der Waals surface area (Å²) in [5.74, 6) is -0.516. The van der Waals surface area contributed by atoms with Crippen LogP contribution in [0.3, 0.4) is 0 Å². The molecule has 7 nitrogen and oxygen atoms in total. The topological polar surface area (TPSA) is 90.1 Å². The van der Waals surface area contributed by atoms with Crippen LogP contribution < -0.4 is 5.32 Å². The van der Waals surface area contributed by atoms with Crippen LogP contribution in [0, 0.1) is 24.0 Å². The fraction of sp³-hybridized carbons (Fsp3) is 0.333. The van der Waals surface area contributed by atoms with Gasteiger partial charge >= 0.3 is 11.9 Å². The smallest absolute Gasteiger partial charge is 0.350 e. The molecule has 2 aromatic rings. The Morgan fingerprint density at radius 1 is 1.36 bits per heavy atom. The molecule has 0 aliphatic rings. The zero-order valence-corrected chi connectivity index (χ0v) is 13.4. The summed E-state index contributed by atoms with van der Waals surface area (Å²) in [5, 5.41) is 17.3. The molecule has 0 fully saturated rings. The Morgan fingerprint density at radius 2 is 2.04 bits per heavy atom. The monoisotopic (exact) mass is 356 g/mol. The summed E-state index contributed by atoms with van der Waals surface area (Å²) in [7, 11) is 0. The summed E-state index contributed by atoms with van der Waals surface area (Å²) in [6.45, 7) is 2.57. The molecule has 0 spiro atoms. The Bertz CT molecular complexity index is 815. The number of nitro groups is 1. The maximum absolute atomic E-state index is 12.7. The molecular formula is C15H15F3N4O3. The lowest BCUT2D eigenvalue weighted by atomic mass is 10.1. The van der Waals surface area contributed by atoms with Gasteiger partial charge in [-0.3, -0.25) is 19.6 Å². The highest BCUT2D eigenvalue weighted by molar-refractivity contribution is 5.75. The van der Waals surface area contributed by atoms with Crippen LogP contribution >= 0.6 is 0 Å². The number of alkyl halides is 3. The summed E-state index contributed by atoms with van der Waals surface area (Å²) in [5.41, 5.74) is -0.244. The minimum atomic E-state index is -4.46. The van der Waals surface area contributed by atoms with E-state index in [2.05, 4.69) is 10.4 Å². The molecule has 2 rings (SSSR count). The van der Waals surface area contributed by atoms with Gasteiger partial charge in [-0.15, -0.1) is 0 Å². The van der Waals surface area contributed by atoms with E-state index in [9.17, 15) is 28.1 Å². The third-order valence-corrected chi connectivity index (χ3v) is 3.56. The predicted molar refractivity (Wildman–Crippen MR) is 81.6 cm³/mol. The minimum absolute atomic E-state index is 0.0931. The number of aryl methyl sites for hydroxylation is 1. The molecule has 0 aliphatic heterocycles. The first-order chi connectivity index (χ1) is 11.6. The molecule has 0 aliphatic carbocycles. The molecule has 1 N–H and O–H groups in total. The predicted octanol–water partition coefficient (Wildman–Crippen LogP) is 2.74. The fourth-order valence-electron chi connectivity index (χ4n) is 2.36. The van der Waals surface area contributed by atoms with Gasteiger partial charge in [-0.1, -0.05) is 12.1 Å². The number of carbonyl (C=O) groups excluding carboxylic acids is 1. The molecule has 0 saturated carbocycles. The SMILES string of the molecule is Cc1nn(CC(=O)NCc2cccc(C(F)(F)F)c2)c(C)c1[N+](=O)[O-]. The normalized spacial score (nSPS) is 11.4. The van der Waals surface area contributed by atoms with Crippen molar-refractivity contribution in [2.24, 2.45) is 0 Å². The molecule has 10 heteroatoms. The molecule has 0 atom stereocenters. The molecule has 134 valence electrons. The van der Waals surface area contributed by atoms with Crippen molar-refractivity contribution >= 4 is 11.6 Å². The summed E-state index contributed by atoms with van der Waals surface area (Å²) in [6.07, 6.45) is -4.46. The van der Waals surface area contributed by atoms with Crippen LogP contribution in [0.4, 0.5) is 18.9 Å². The largest absolute Gasteiger partial charge is 0.416 e. The Morgan fingerprint density at radius 3 is 2.60 bits per heavy atom. The van der Waals surface area contributed by atoms with Crippen molar-refractivity contribution in [1.82, 2.24) is 15.1 Å². The number of aromatic nitrogens is 2. The van der Waals surface area contributed by atoms with Crippen LogP contribution in [0.2, 0.25) is 0 Å². The highest BCUT2D eigenvalue weighted by Gasteiger charge is 2.30. The van der Waals surface area contributed by atoms with Crippen molar-refractivity contribution in [3.8, 4) is 0 Å². The number of carbonyl (C=O) groups is 1. The summed E-state index contributed by atoms with van der Waals surface area (Å²) in [4.78, 5) is 22.3. The van der Waals surface area contributed by atoms with Crippen LogP contribution in [0.1, 0.15) is 22.5 Å². The zero-order chi connectivity index (χ0) is 18.8. The molecule has 1 aromatic heterocycles. The summed E-state index contributed by atoms with van der Waals surface area (Å²) >= 11 is 0. The number of benzene rings is 1. The van der Waals surface area contributed by atoms with Gasteiger partial charge in [0.2, 0.25) is 5.91 Å². The molecule has 0 saturated heterocycles. The van der Waals surface area contributed by atoms with Gasteiger partial charge < -0.3 is 5.32 Å². The Balaban J connectivity index is 2.03. The Labute approximate surface area is 140 Å². The zero-order valence-electron chi connectivity index (χ0n) is 13.4. The molecule has 1 aromatic carbocycles. The molecule has 0 bridgehead atoms. The van der Waals surface area contributed by atoms with E-state index in [1.165, 1.54) is 30.7 Å². The van der Waals surface area contributed by atoms with Gasteiger partial charge in [0.15, 0.2) is 0 Å². The van der Waals surface area contributed by atoms with Crippen LogP contribution in [-0.4, -0.2) is 20.6 Å². The molecular weight excluding hydrogens is 341 g/mol. The van der Waals surface area contributed by atoms with E-state index in [0.29, 0.717) is 5.56 Å². The first kappa shape index (κ1) is 18.4. The second-order valence-electron chi connectivity index (χ2n) is 5.41. The third kappa shape index (κ3) is 4.34. The Kier molecular flexibility index (Phi) is 5.10. The average molecular weight is 356 g/mol. The maximum Gasteiger partial charge on any atom is 0.416 e. The number of hydrogen-bond donors (Lipinski definition) is 1.